The molecular formula is C16H22F3NO3. The van der Waals surface area contributed by atoms with Crippen LogP contribution < -0.4 is 10.5 Å². The molecule has 0 aromatic heterocycles. The fraction of sp³-hybridized carbons (Fsp3) is 0.375. The zero-order valence-corrected chi connectivity index (χ0v) is 13.7. The molecule has 0 aliphatic carbocycles. The van der Waals surface area contributed by atoms with Crippen molar-refractivity contribution in [3.8, 4) is 5.75 Å². The zero-order chi connectivity index (χ0) is 18.4. The molecule has 0 spiro atoms. The van der Waals surface area contributed by atoms with Gasteiger partial charge in [0, 0.05) is 22.5 Å². The highest BCUT2D eigenvalue weighted by Crippen LogP contribution is 2.36. The quantitative estimate of drug-likeness (QED) is 0.573. The lowest BCUT2D eigenvalue weighted by molar-refractivity contribution is -0.375. The molecule has 4 N–H and O–H groups in total. The van der Waals surface area contributed by atoms with Gasteiger partial charge in [0.05, 0.1) is 0 Å². The van der Waals surface area contributed by atoms with Gasteiger partial charge in [-0.05, 0) is 24.6 Å². The first-order chi connectivity index (χ1) is 10.7. The van der Waals surface area contributed by atoms with Gasteiger partial charge in [-0.2, -0.15) is 0 Å². The van der Waals surface area contributed by atoms with Crippen LogP contribution in [0, 0.1) is 18.6 Å². The SMILES string of the molecule is CC.CC.Cc1cc(N)cc2c(F)cc(F)c(OC(O)(O)F)c12. The summed E-state index contributed by atoms with van der Waals surface area (Å²) in [6.45, 7) is 9.47. The van der Waals surface area contributed by atoms with Gasteiger partial charge in [-0.25, -0.2) is 8.78 Å². The van der Waals surface area contributed by atoms with Gasteiger partial charge >= 0.3 is 6.23 Å². The summed E-state index contributed by atoms with van der Waals surface area (Å²) in [5.74, 6) is -2.99. The van der Waals surface area contributed by atoms with Crippen LogP contribution in [0.25, 0.3) is 10.8 Å². The third-order valence-corrected chi connectivity index (χ3v) is 2.54. The van der Waals surface area contributed by atoms with Gasteiger partial charge in [0.25, 0.3) is 0 Å². The molecular weight excluding hydrogens is 311 g/mol. The van der Waals surface area contributed by atoms with E-state index < -0.39 is 23.6 Å². The van der Waals surface area contributed by atoms with Crippen LogP contribution in [0.1, 0.15) is 33.3 Å². The molecule has 0 aliphatic heterocycles. The van der Waals surface area contributed by atoms with Gasteiger partial charge in [-0.15, -0.1) is 4.39 Å². The van der Waals surface area contributed by atoms with Crippen molar-refractivity contribution in [2.24, 2.45) is 0 Å². The van der Waals surface area contributed by atoms with E-state index in [0.29, 0.717) is 11.6 Å². The van der Waals surface area contributed by atoms with Crippen LogP contribution in [0.3, 0.4) is 0 Å². The molecule has 2 aromatic carbocycles. The number of hydrogen-bond donors (Lipinski definition) is 3. The number of halogens is 3. The van der Waals surface area contributed by atoms with E-state index in [4.69, 9.17) is 15.9 Å². The summed E-state index contributed by atoms with van der Waals surface area (Å²) in [6.07, 6.45) is -4.07. The Morgan fingerprint density at radius 3 is 2.00 bits per heavy atom. The van der Waals surface area contributed by atoms with E-state index in [1.165, 1.54) is 19.1 Å². The predicted molar refractivity (Wildman–Crippen MR) is 84.6 cm³/mol. The topological polar surface area (TPSA) is 75.7 Å². The second-order valence-electron chi connectivity index (χ2n) is 4.06. The molecule has 2 aromatic rings. The molecule has 4 nitrogen and oxygen atoms in total. The lowest BCUT2D eigenvalue weighted by Crippen LogP contribution is -2.29. The van der Waals surface area contributed by atoms with E-state index in [1.807, 2.05) is 27.7 Å². The molecule has 0 bridgehead atoms. The normalized spacial score (nSPS) is 10.3. The van der Waals surface area contributed by atoms with Gasteiger partial charge < -0.3 is 20.7 Å². The summed E-state index contributed by atoms with van der Waals surface area (Å²) in [7, 11) is 0. The maximum atomic E-state index is 13.7. The van der Waals surface area contributed by atoms with Crippen LogP contribution in [0.2, 0.25) is 0 Å². The molecule has 0 unspecified atom stereocenters. The fourth-order valence-corrected chi connectivity index (χ4v) is 1.91. The highest BCUT2D eigenvalue weighted by Gasteiger charge is 2.28. The first-order valence-electron chi connectivity index (χ1n) is 7.19. The van der Waals surface area contributed by atoms with Gasteiger partial charge in [0.1, 0.15) is 5.82 Å². The molecule has 0 saturated carbocycles. The monoisotopic (exact) mass is 333 g/mol. The predicted octanol–water partition coefficient (Wildman–Crippen LogP) is 4.01. The Labute approximate surface area is 133 Å². The summed E-state index contributed by atoms with van der Waals surface area (Å²) in [4.78, 5) is 0. The Balaban J connectivity index is 0.00000112. The molecule has 130 valence electrons. The molecule has 0 heterocycles. The van der Waals surface area contributed by atoms with E-state index >= 15 is 0 Å². The summed E-state index contributed by atoms with van der Waals surface area (Å²) in [5, 5.41) is 16.9. The van der Waals surface area contributed by atoms with E-state index in [-0.39, 0.29) is 16.5 Å². The Bertz CT molecular complexity index is 655. The Kier molecular flexibility index (Phi) is 7.85. The average Bonchev–Trinajstić information content (AvgIpc) is 2.46. The number of benzene rings is 2. The van der Waals surface area contributed by atoms with E-state index in [1.54, 1.807) is 0 Å². The smallest absolute Gasteiger partial charge is 0.409 e. The Morgan fingerprint density at radius 1 is 1.00 bits per heavy atom. The van der Waals surface area contributed by atoms with Crippen molar-refractivity contribution < 1.29 is 28.1 Å². The summed E-state index contributed by atoms with van der Waals surface area (Å²) in [6, 6.07) is 3.05. The number of alkyl halides is 1. The molecule has 0 saturated heterocycles. The van der Waals surface area contributed by atoms with Crippen molar-refractivity contribution in [2.45, 2.75) is 40.8 Å². The third-order valence-electron chi connectivity index (χ3n) is 2.54. The van der Waals surface area contributed by atoms with Crippen molar-refractivity contribution in [1.29, 1.82) is 0 Å². The van der Waals surface area contributed by atoms with E-state index in [2.05, 4.69) is 4.74 Å². The fourth-order valence-electron chi connectivity index (χ4n) is 1.91. The van der Waals surface area contributed by atoms with Gasteiger partial charge in [-0.1, -0.05) is 27.7 Å². The van der Waals surface area contributed by atoms with E-state index in [0.717, 1.165) is 0 Å². The molecule has 23 heavy (non-hydrogen) atoms. The Morgan fingerprint density at radius 2 is 1.52 bits per heavy atom. The van der Waals surface area contributed by atoms with Crippen molar-refractivity contribution in [3.05, 3.63) is 35.4 Å². The number of nitrogen functional groups attached to an aromatic ring is 1. The second-order valence-corrected chi connectivity index (χ2v) is 4.06. The molecule has 2 rings (SSSR count). The van der Waals surface area contributed by atoms with Crippen molar-refractivity contribution in [3.63, 3.8) is 0 Å². The minimum absolute atomic E-state index is 0.113. The number of ether oxygens (including phenoxy) is 1. The summed E-state index contributed by atoms with van der Waals surface area (Å²) < 4.78 is 44.0. The maximum Gasteiger partial charge on any atom is 0.492 e. The highest BCUT2D eigenvalue weighted by atomic mass is 19.2. The number of anilines is 1. The van der Waals surface area contributed by atoms with Crippen LogP contribution in [0.5, 0.6) is 5.75 Å². The molecule has 0 atom stereocenters. The highest BCUT2D eigenvalue weighted by molar-refractivity contribution is 5.94. The van der Waals surface area contributed by atoms with Crippen LogP contribution in [0.15, 0.2) is 18.2 Å². The number of aryl methyl sites for hydroxylation is 1. The molecule has 0 aliphatic rings. The van der Waals surface area contributed by atoms with Gasteiger partial charge in [0.15, 0.2) is 11.6 Å². The third kappa shape index (κ3) is 5.30. The molecule has 0 fully saturated rings. The number of aliphatic hydroxyl groups is 2. The largest absolute Gasteiger partial charge is 0.492 e. The summed E-state index contributed by atoms with van der Waals surface area (Å²) >= 11 is 0. The molecule has 0 amide bonds. The molecule has 0 radical (unpaired) electrons. The van der Waals surface area contributed by atoms with Crippen molar-refractivity contribution in [2.75, 3.05) is 5.73 Å². The molecule has 7 heteroatoms. The van der Waals surface area contributed by atoms with Crippen molar-refractivity contribution in [1.82, 2.24) is 0 Å². The van der Waals surface area contributed by atoms with Crippen molar-refractivity contribution >= 4 is 16.5 Å². The van der Waals surface area contributed by atoms with Crippen LogP contribution in [-0.2, 0) is 0 Å². The maximum absolute atomic E-state index is 13.7. The second kappa shape index (κ2) is 8.59. The number of fused-ring (bicyclic) bond motifs is 1. The lowest BCUT2D eigenvalue weighted by atomic mass is 10.0. The number of hydrogen-bond acceptors (Lipinski definition) is 4. The Hall–Kier alpha value is -1.99. The number of nitrogens with two attached hydrogens (primary N) is 1. The van der Waals surface area contributed by atoms with Crippen LogP contribution >= 0.6 is 0 Å². The average molecular weight is 333 g/mol. The number of rotatable bonds is 2. The lowest BCUT2D eigenvalue weighted by Gasteiger charge is -2.17. The standard InChI is InChI=1S/C12H10F3NO3.2C2H6/c1-5-2-6(16)3-7-8(13)4-9(14)11(10(5)7)19-12(15,17)18;2*1-2/h2-4,17-18H,16H2,1H3;2*1-2H3. The first-order valence-corrected chi connectivity index (χ1v) is 7.19. The van der Waals surface area contributed by atoms with Gasteiger partial charge in [-0.3, -0.25) is 0 Å². The van der Waals surface area contributed by atoms with Crippen LogP contribution in [0.4, 0.5) is 18.9 Å². The van der Waals surface area contributed by atoms with E-state index in [9.17, 15) is 13.2 Å². The first kappa shape index (κ1) is 21.0. The summed E-state index contributed by atoms with van der Waals surface area (Å²) in [5.41, 5.74) is 6.06. The van der Waals surface area contributed by atoms with Gasteiger partial charge in [0.2, 0.25) is 0 Å². The minimum atomic E-state index is -4.07. The van der Waals surface area contributed by atoms with Crippen LogP contribution in [-0.4, -0.2) is 16.4 Å². The zero-order valence-electron chi connectivity index (χ0n) is 13.7. The minimum Gasteiger partial charge on any atom is -0.409 e.